The fourth-order valence-corrected chi connectivity index (χ4v) is 5.36. The Morgan fingerprint density at radius 3 is 1.60 bits per heavy atom. The number of aliphatic carboxylic acids is 1. The highest BCUT2D eigenvalue weighted by Gasteiger charge is 2.19. The van der Waals surface area contributed by atoms with Gasteiger partial charge in [0.25, 0.3) is 0 Å². The van der Waals surface area contributed by atoms with Crippen molar-refractivity contribution in [3.8, 4) is 0 Å². The molecular weight excluding hydrogens is 668 g/mol. The number of unbranched alkanes of at least 4 members (excludes halogenated alkanes) is 9. The number of allylic oxidation sites excluding steroid dienone is 12. The topological polar surface area (TPSA) is 142 Å². The van der Waals surface area contributed by atoms with Gasteiger partial charge >= 0.3 is 11.9 Å². The third-order valence-electron chi connectivity index (χ3n) is 8.47. The summed E-state index contributed by atoms with van der Waals surface area (Å²) in [6.07, 6.45) is 46.7. The van der Waals surface area contributed by atoms with Gasteiger partial charge in [-0.25, -0.2) is 4.79 Å². The van der Waals surface area contributed by atoms with E-state index in [0.29, 0.717) is 12.8 Å². The molecule has 0 aromatic heterocycles. The number of carbonyl (C=O) groups is 4. The van der Waals surface area contributed by atoms with Crippen LogP contribution in [0.2, 0.25) is 0 Å². The van der Waals surface area contributed by atoms with E-state index in [-0.39, 0.29) is 30.9 Å². The fraction of sp³-hybridized carbons (Fsp3) is 0.636. The minimum Gasteiger partial charge on any atom is -0.480 e. The maximum atomic E-state index is 12.6. The van der Waals surface area contributed by atoms with E-state index >= 15 is 0 Å². The second-order valence-electron chi connectivity index (χ2n) is 13.3. The van der Waals surface area contributed by atoms with E-state index in [1.165, 1.54) is 6.42 Å². The van der Waals surface area contributed by atoms with Crippen LogP contribution in [0.5, 0.6) is 0 Å². The number of hydrogen-bond acceptors (Lipinski definition) is 6. The summed E-state index contributed by atoms with van der Waals surface area (Å²) in [4.78, 5) is 47.3. The number of aliphatic hydroxyl groups excluding tert-OH is 1. The minimum absolute atomic E-state index is 0.0984. The van der Waals surface area contributed by atoms with Gasteiger partial charge < -0.3 is 25.6 Å². The van der Waals surface area contributed by atoms with Gasteiger partial charge in [0.2, 0.25) is 11.8 Å². The molecule has 2 atom stereocenters. The Morgan fingerprint density at radius 2 is 1.08 bits per heavy atom. The van der Waals surface area contributed by atoms with Crippen LogP contribution < -0.4 is 10.6 Å². The SMILES string of the molecule is CC/C=C\C/C=C\C/C=C\C/C=C\C/C=C\C/C=C\CCCCCCC(=O)OC(CCCCCC)CCCCCC(=O)NCC(=O)NC(CO)C(=O)O. The standard InChI is InChI=1S/C44H72N2O7/c1-3-5-7-9-10-11-12-13-14-15-16-17-18-19-20-21-22-23-24-25-26-27-32-36-43(50)53-39(33-29-8-6-4-2)34-30-28-31-35-41(48)45-37-42(49)46-40(38-47)44(51)52/h5,7,10-11,13-14,16-17,19-20,22-23,39-40,47H,3-4,6,8-9,12,15,18,21,24-38H2,1-2H3,(H,45,48)(H,46,49)(H,51,52)/b7-5-,11-10-,14-13-,17-16-,20-19-,23-22-. The van der Waals surface area contributed by atoms with Crippen LogP contribution in [-0.4, -0.2) is 59.3 Å². The first-order valence-electron chi connectivity index (χ1n) is 20.3. The maximum absolute atomic E-state index is 12.6. The number of carboxylic acid groups (broad SMARTS) is 1. The molecule has 0 aliphatic rings. The number of carboxylic acids is 1. The predicted octanol–water partition coefficient (Wildman–Crippen LogP) is 9.54. The van der Waals surface area contributed by atoms with E-state index in [1.807, 2.05) is 0 Å². The van der Waals surface area contributed by atoms with Crippen molar-refractivity contribution in [1.82, 2.24) is 10.6 Å². The average molecular weight is 741 g/mol. The number of aliphatic hydroxyl groups is 1. The number of carbonyl (C=O) groups excluding carboxylic acids is 3. The Bertz CT molecular complexity index is 1120. The van der Waals surface area contributed by atoms with Gasteiger partial charge in [-0.1, -0.05) is 125 Å². The van der Waals surface area contributed by atoms with Crippen molar-refractivity contribution in [2.45, 2.75) is 167 Å². The molecule has 0 heterocycles. The summed E-state index contributed by atoms with van der Waals surface area (Å²) in [5.74, 6) is -2.43. The van der Waals surface area contributed by atoms with Crippen molar-refractivity contribution in [2.24, 2.45) is 0 Å². The highest BCUT2D eigenvalue weighted by molar-refractivity contribution is 5.87. The molecule has 0 radical (unpaired) electrons. The van der Waals surface area contributed by atoms with Crippen molar-refractivity contribution in [3.63, 3.8) is 0 Å². The second kappa shape index (κ2) is 38.0. The summed E-state index contributed by atoms with van der Waals surface area (Å²) in [5.41, 5.74) is 0. The van der Waals surface area contributed by atoms with Gasteiger partial charge in [0.15, 0.2) is 0 Å². The minimum atomic E-state index is -1.40. The van der Waals surface area contributed by atoms with Crippen LogP contribution in [0.1, 0.15) is 155 Å². The number of hydrogen-bond donors (Lipinski definition) is 4. The zero-order chi connectivity index (χ0) is 39.0. The normalized spacial score (nSPS) is 13.3. The number of esters is 1. The molecule has 4 N–H and O–H groups in total. The molecule has 0 rings (SSSR count). The highest BCUT2D eigenvalue weighted by Crippen LogP contribution is 2.17. The summed E-state index contributed by atoms with van der Waals surface area (Å²) < 4.78 is 5.88. The van der Waals surface area contributed by atoms with Crippen LogP contribution >= 0.6 is 0 Å². The molecule has 0 aliphatic heterocycles. The van der Waals surface area contributed by atoms with Crippen molar-refractivity contribution < 1.29 is 34.1 Å². The smallest absolute Gasteiger partial charge is 0.328 e. The van der Waals surface area contributed by atoms with Gasteiger partial charge in [0, 0.05) is 12.8 Å². The van der Waals surface area contributed by atoms with Gasteiger partial charge in [0.1, 0.15) is 12.1 Å². The van der Waals surface area contributed by atoms with E-state index in [2.05, 4.69) is 97.4 Å². The van der Waals surface area contributed by atoms with Crippen LogP contribution in [0, 0.1) is 0 Å². The summed E-state index contributed by atoms with van der Waals surface area (Å²) in [5, 5.41) is 22.5. The zero-order valence-electron chi connectivity index (χ0n) is 33.0. The summed E-state index contributed by atoms with van der Waals surface area (Å²) in [6.45, 7) is 3.25. The summed E-state index contributed by atoms with van der Waals surface area (Å²) >= 11 is 0. The van der Waals surface area contributed by atoms with Crippen LogP contribution in [0.15, 0.2) is 72.9 Å². The third-order valence-corrected chi connectivity index (χ3v) is 8.47. The largest absolute Gasteiger partial charge is 0.480 e. The molecule has 0 bridgehead atoms. The van der Waals surface area contributed by atoms with Crippen LogP contribution in [-0.2, 0) is 23.9 Å². The van der Waals surface area contributed by atoms with Gasteiger partial charge in [-0.2, -0.15) is 0 Å². The Morgan fingerprint density at radius 1 is 0.585 bits per heavy atom. The lowest BCUT2D eigenvalue weighted by atomic mass is 10.0. The molecule has 53 heavy (non-hydrogen) atoms. The highest BCUT2D eigenvalue weighted by atomic mass is 16.5. The molecule has 2 amide bonds. The molecule has 0 spiro atoms. The monoisotopic (exact) mass is 741 g/mol. The first kappa shape index (κ1) is 49.3. The first-order chi connectivity index (χ1) is 25.8. The van der Waals surface area contributed by atoms with E-state index < -0.39 is 24.5 Å². The molecule has 9 nitrogen and oxygen atoms in total. The fourth-order valence-electron chi connectivity index (χ4n) is 5.36. The quantitative estimate of drug-likeness (QED) is 0.0288. The molecule has 0 saturated carbocycles. The Hall–Kier alpha value is -3.72. The number of nitrogens with one attached hydrogen (secondary N) is 2. The number of amides is 2. The lowest BCUT2D eigenvalue weighted by molar-refractivity contribution is -0.150. The second-order valence-corrected chi connectivity index (χ2v) is 13.3. The van der Waals surface area contributed by atoms with Gasteiger partial charge in [-0.15, -0.1) is 0 Å². The van der Waals surface area contributed by atoms with E-state index in [1.54, 1.807) is 0 Å². The van der Waals surface area contributed by atoms with Gasteiger partial charge in [-0.05, 0) is 89.9 Å². The molecule has 9 heteroatoms. The Balaban J connectivity index is 4.06. The predicted molar refractivity (Wildman–Crippen MR) is 217 cm³/mol. The molecule has 0 aromatic rings. The van der Waals surface area contributed by atoms with Crippen molar-refractivity contribution in [3.05, 3.63) is 72.9 Å². The lowest BCUT2D eigenvalue weighted by Gasteiger charge is -2.18. The molecule has 0 aromatic carbocycles. The van der Waals surface area contributed by atoms with Crippen LogP contribution in [0.4, 0.5) is 0 Å². The third kappa shape index (κ3) is 35.1. The van der Waals surface area contributed by atoms with E-state index in [4.69, 9.17) is 14.9 Å². The maximum Gasteiger partial charge on any atom is 0.328 e. The number of rotatable bonds is 35. The first-order valence-corrected chi connectivity index (χ1v) is 20.3. The van der Waals surface area contributed by atoms with Gasteiger partial charge in [-0.3, -0.25) is 14.4 Å². The molecule has 0 saturated heterocycles. The molecule has 0 fully saturated rings. The van der Waals surface area contributed by atoms with E-state index in [0.717, 1.165) is 116 Å². The number of ether oxygens (including phenoxy) is 1. The Labute approximate surface area is 321 Å². The molecule has 0 aliphatic carbocycles. The summed E-state index contributed by atoms with van der Waals surface area (Å²) in [6, 6.07) is -1.40. The van der Waals surface area contributed by atoms with Crippen LogP contribution in [0.3, 0.4) is 0 Å². The molecule has 2 unspecified atom stereocenters. The lowest BCUT2D eigenvalue weighted by Crippen LogP contribution is -2.47. The van der Waals surface area contributed by atoms with Gasteiger partial charge in [0.05, 0.1) is 13.2 Å². The molecular formula is C44H72N2O7. The van der Waals surface area contributed by atoms with E-state index in [9.17, 15) is 19.2 Å². The zero-order valence-corrected chi connectivity index (χ0v) is 33.0. The Kier molecular flexibility index (Phi) is 35.3. The summed E-state index contributed by atoms with van der Waals surface area (Å²) in [7, 11) is 0. The van der Waals surface area contributed by atoms with Crippen LogP contribution in [0.25, 0.3) is 0 Å². The van der Waals surface area contributed by atoms with Crippen molar-refractivity contribution in [2.75, 3.05) is 13.2 Å². The van der Waals surface area contributed by atoms with Crippen molar-refractivity contribution in [1.29, 1.82) is 0 Å². The van der Waals surface area contributed by atoms with Crippen molar-refractivity contribution >= 4 is 23.8 Å². The average Bonchev–Trinajstić information content (AvgIpc) is 3.14. The molecule has 300 valence electrons.